The highest BCUT2D eigenvalue weighted by molar-refractivity contribution is 5.95. The molecule has 2 aromatic heterocycles. The fraction of sp³-hybridized carbons (Fsp3) is 0.400. The molecule has 0 bridgehead atoms. The van der Waals surface area contributed by atoms with Crippen LogP contribution in [-0.4, -0.2) is 27.8 Å². The van der Waals surface area contributed by atoms with Crippen LogP contribution in [0, 0.1) is 0 Å². The van der Waals surface area contributed by atoms with E-state index in [1.807, 2.05) is 20.8 Å². The molecule has 0 aliphatic heterocycles. The lowest BCUT2D eigenvalue weighted by Gasteiger charge is -2.11. The van der Waals surface area contributed by atoms with Gasteiger partial charge in [-0.2, -0.15) is 0 Å². The van der Waals surface area contributed by atoms with Crippen molar-refractivity contribution in [1.29, 1.82) is 0 Å². The van der Waals surface area contributed by atoms with Crippen molar-refractivity contribution in [2.24, 2.45) is 10.2 Å². The predicted molar refractivity (Wildman–Crippen MR) is 84.1 cm³/mol. The van der Waals surface area contributed by atoms with E-state index in [1.54, 1.807) is 13.0 Å². The van der Waals surface area contributed by atoms with E-state index >= 15 is 0 Å². The number of pyridine rings is 1. The number of nitrogens with zero attached hydrogens (tertiary/aromatic N) is 3. The summed E-state index contributed by atoms with van der Waals surface area (Å²) in [7, 11) is 0. The molecule has 0 radical (unpaired) electrons. The Bertz CT molecular complexity index is 829. The van der Waals surface area contributed by atoms with Gasteiger partial charge in [-0.25, -0.2) is 4.79 Å². The maximum atomic E-state index is 11.9. The average molecular weight is 334 g/mol. The van der Waals surface area contributed by atoms with Gasteiger partial charge in [-0.05, 0) is 6.92 Å². The highest BCUT2D eigenvalue weighted by Gasteiger charge is 2.21. The van der Waals surface area contributed by atoms with Crippen LogP contribution in [0.15, 0.2) is 31.7 Å². The summed E-state index contributed by atoms with van der Waals surface area (Å²) in [5.41, 5.74) is -1.32. The number of aromatic hydroxyl groups is 1. The summed E-state index contributed by atoms with van der Waals surface area (Å²) in [5.74, 6) is -0.606. The zero-order valence-corrected chi connectivity index (χ0v) is 13.8. The molecule has 0 spiro atoms. The second-order valence-corrected chi connectivity index (χ2v) is 5.96. The Balaban J connectivity index is 2.40. The van der Waals surface area contributed by atoms with E-state index in [2.05, 4.69) is 20.4 Å². The Labute approximate surface area is 137 Å². The van der Waals surface area contributed by atoms with Crippen molar-refractivity contribution in [3.05, 3.63) is 33.8 Å². The third-order valence-corrected chi connectivity index (χ3v) is 2.98. The van der Waals surface area contributed by atoms with Crippen molar-refractivity contribution in [3.63, 3.8) is 0 Å². The molecule has 9 nitrogen and oxygen atoms in total. The Kier molecular flexibility index (Phi) is 4.82. The van der Waals surface area contributed by atoms with Crippen molar-refractivity contribution in [2.45, 2.75) is 33.1 Å². The topological polar surface area (TPSA) is 130 Å². The number of azo groups is 1. The van der Waals surface area contributed by atoms with Crippen LogP contribution in [-0.2, 0) is 10.2 Å². The molecule has 9 heteroatoms. The Morgan fingerprint density at radius 3 is 2.67 bits per heavy atom. The van der Waals surface area contributed by atoms with E-state index < -0.39 is 17.4 Å². The third-order valence-electron chi connectivity index (χ3n) is 2.98. The van der Waals surface area contributed by atoms with Crippen molar-refractivity contribution in [3.8, 4) is 5.88 Å². The fourth-order valence-electron chi connectivity index (χ4n) is 1.77. The number of hydrogen-bond acceptors (Lipinski definition) is 8. The van der Waals surface area contributed by atoms with Crippen LogP contribution < -0.4 is 5.56 Å². The summed E-state index contributed by atoms with van der Waals surface area (Å²) in [4.78, 5) is 25.5. The summed E-state index contributed by atoms with van der Waals surface area (Å²) in [6.07, 6.45) is 0. The number of ether oxygens (including phenoxy) is 1. The zero-order valence-electron chi connectivity index (χ0n) is 13.8. The quantitative estimate of drug-likeness (QED) is 0.653. The van der Waals surface area contributed by atoms with Crippen LogP contribution in [0.1, 0.15) is 43.8 Å². The van der Waals surface area contributed by atoms with Crippen LogP contribution >= 0.6 is 0 Å². The summed E-state index contributed by atoms with van der Waals surface area (Å²) in [5, 5.41) is 21.2. The molecule has 0 unspecified atom stereocenters. The minimum Gasteiger partial charge on any atom is -0.493 e. The van der Waals surface area contributed by atoms with Crippen LogP contribution in [0.25, 0.3) is 0 Å². The highest BCUT2D eigenvalue weighted by Crippen LogP contribution is 2.30. The van der Waals surface area contributed by atoms with Gasteiger partial charge in [0.1, 0.15) is 5.76 Å². The number of aromatic nitrogens is 2. The Morgan fingerprint density at radius 2 is 2.08 bits per heavy atom. The van der Waals surface area contributed by atoms with Gasteiger partial charge in [-0.15, -0.1) is 10.2 Å². The lowest BCUT2D eigenvalue weighted by atomic mass is 9.93. The number of carbonyl (C=O) groups excluding carboxylic acids is 1. The van der Waals surface area contributed by atoms with E-state index in [4.69, 9.17) is 9.26 Å². The van der Waals surface area contributed by atoms with Crippen LogP contribution in [0.4, 0.5) is 11.5 Å². The normalized spacial score (nSPS) is 11.8. The largest absolute Gasteiger partial charge is 0.493 e. The van der Waals surface area contributed by atoms with Gasteiger partial charge in [-0.3, -0.25) is 9.78 Å². The molecule has 0 fully saturated rings. The number of nitrogens with one attached hydrogen (secondary N) is 1. The van der Waals surface area contributed by atoms with Crippen molar-refractivity contribution >= 4 is 17.5 Å². The lowest BCUT2D eigenvalue weighted by molar-refractivity contribution is 0.0526. The molecule has 0 saturated heterocycles. The minimum atomic E-state index is -0.789. The summed E-state index contributed by atoms with van der Waals surface area (Å²) < 4.78 is 10.0. The van der Waals surface area contributed by atoms with E-state index in [9.17, 15) is 14.7 Å². The lowest BCUT2D eigenvalue weighted by Crippen LogP contribution is -2.12. The number of rotatable bonds is 4. The van der Waals surface area contributed by atoms with Crippen molar-refractivity contribution < 1.29 is 19.2 Å². The molecular weight excluding hydrogens is 316 g/mol. The first kappa shape index (κ1) is 17.4. The molecule has 2 N–H and O–H groups in total. The second-order valence-electron chi connectivity index (χ2n) is 5.96. The molecule has 0 amide bonds. The molecule has 0 aliphatic rings. The van der Waals surface area contributed by atoms with Crippen LogP contribution in [0.3, 0.4) is 0 Å². The van der Waals surface area contributed by atoms with Gasteiger partial charge in [0.15, 0.2) is 5.69 Å². The third kappa shape index (κ3) is 3.86. The molecular formula is C15H18N4O5. The minimum absolute atomic E-state index is 0.112. The summed E-state index contributed by atoms with van der Waals surface area (Å²) in [6.45, 7) is 7.57. The Morgan fingerprint density at radius 1 is 1.38 bits per heavy atom. The van der Waals surface area contributed by atoms with Gasteiger partial charge in [-0.1, -0.05) is 25.9 Å². The van der Waals surface area contributed by atoms with E-state index in [1.165, 1.54) is 0 Å². The van der Waals surface area contributed by atoms with Gasteiger partial charge in [0.25, 0.3) is 5.56 Å². The highest BCUT2D eigenvalue weighted by atomic mass is 16.5. The predicted octanol–water partition coefficient (Wildman–Crippen LogP) is 2.96. The van der Waals surface area contributed by atoms with E-state index in [0.29, 0.717) is 5.76 Å². The number of carbonyl (C=O) groups is 1. The Hall–Kier alpha value is -2.97. The first-order valence-electron chi connectivity index (χ1n) is 7.24. The summed E-state index contributed by atoms with van der Waals surface area (Å²) in [6, 6.07) is 2.58. The zero-order chi connectivity index (χ0) is 17.9. The van der Waals surface area contributed by atoms with Crippen LogP contribution in [0.5, 0.6) is 5.88 Å². The fourth-order valence-corrected chi connectivity index (χ4v) is 1.77. The maximum absolute atomic E-state index is 11.9. The summed E-state index contributed by atoms with van der Waals surface area (Å²) >= 11 is 0. The molecule has 24 heavy (non-hydrogen) atoms. The molecule has 2 rings (SSSR count). The molecule has 128 valence electrons. The van der Waals surface area contributed by atoms with Gasteiger partial charge in [0, 0.05) is 17.5 Å². The first-order chi connectivity index (χ1) is 11.2. The molecule has 0 aliphatic carbocycles. The number of esters is 1. The maximum Gasteiger partial charge on any atom is 0.340 e. The number of aromatic amines is 1. The van der Waals surface area contributed by atoms with Gasteiger partial charge in [0.05, 0.1) is 12.2 Å². The number of H-pyrrole nitrogens is 1. The average Bonchev–Trinajstić information content (AvgIpc) is 2.95. The molecule has 0 saturated carbocycles. The monoisotopic (exact) mass is 334 g/mol. The van der Waals surface area contributed by atoms with E-state index in [-0.39, 0.29) is 29.1 Å². The van der Waals surface area contributed by atoms with Crippen LogP contribution in [0.2, 0.25) is 0 Å². The number of hydrogen-bond donors (Lipinski definition) is 2. The van der Waals surface area contributed by atoms with Gasteiger partial charge < -0.3 is 14.4 Å². The van der Waals surface area contributed by atoms with E-state index in [0.717, 1.165) is 6.07 Å². The molecule has 2 aromatic rings. The van der Waals surface area contributed by atoms with Gasteiger partial charge in [0.2, 0.25) is 11.7 Å². The standard InChI is InChI=1S/C15H18N4O5/c1-5-23-14(22)8-6-11(20)16-13(21)12(8)18-17-10-7-9(24-19-10)15(2,3)4/h6-7H,5H2,1-4H3,(H2,16,20,21). The molecule has 0 atom stereocenters. The smallest absolute Gasteiger partial charge is 0.340 e. The van der Waals surface area contributed by atoms with Crippen molar-refractivity contribution in [2.75, 3.05) is 6.61 Å². The first-order valence-corrected chi connectivity index (χ1v) is 7.24. The SMILES string of the molecule is CCOC(=O)c1cc(=O)[nH]c(O)c1N=Nc1cc(C(C)(C)C)on1. The van der Waals surface area contributed by atoms with Crippen molar-refractivity contribution in [1.82, 2.24) is 10.1 Å². The molecule has 0 aromatic carbocycles. The van der Waals surface area contributed by atoms with Gasteiger partial charge >= 0.3 is 5.97 Å². The molecule has 2 heterocycles. The second kappa shape index (κ2) is 6.65.